The highest BCUT2D eigenvalue weighted by Gasteiger charge is 2.16. The van der Waals surface area contributed by atoms with Gasteiger partial charge in [-0.05, 0) is 26.3 Å². The van der Waals surface area contributed by atoms with Crippen LogP contribution in [0.2, 0.25) is 0 Å². The van der Waals surface area contributed by atoms with Gasteiger partial charge in [-0.15, -0.1) is 0 Å². The number of hydrogen-bond donors (Lipinski definition) is 3. The molecular formula is C9H21NO4S. The first-order valence-corrected chi connectivity index (χ1v) is 6.72. The molecule has 0 aliphatic heterocycles. The number of hydrogen-bond acceptors (Lipinski definition) is 4. The van der Waals surface area contributed by atoms with Crippen LogP contribution in [0.4, 0.5) is 0 Å². The van der Waals surface area contributed by atoms with Crippen molar-refractivity contribution in [3.8, 4) is 0 Å². The first-order chi connectivity index (χ1) is 6.91. The van der Waals surface area contributed by atoms with Gasteiger partial charge in [-0.3, -0.25) is 4.55 Å². The molecule has 92 valence electrons. The highest BCUT2D eigenvalue weighted by atomic mass is 32.2. The number of rotatable bonds is 8. The first kappa shape index (κ1) is 14.8. The van der Waals surface area contributed by atoms with Crippen molar-refractivity contribution in [2.45, 2.75) is 44.4 Å². The molecule has 0 amide bonds. The first-order valence-electron chi connectivity index (χ1n) is 5.22. The zero-order valence-corrected chi connectivity index (χ0v) is 10.1. The predicted molar refractivity (Wildman–Crippen MR) is 59.4 cm³/mol. The number of nitrogens with one attached hydrogen (secondary N) is 1. The molecule has 1 unspecified atom stereocenters. The van der Waals surface area contributed by atoms with Crippen LogP contribution in [0.1, 0.15) is 33.1 Å². The maximum Gasteiger partial charge on any atom is 0.267 e. The van der Waals surface area contributed by atoms with Crippen LogP contribution in [0.15, 0.2) is 0 Å². The van der Waals surface area contributed by atoms with E-state index in [1.165, 1.54) is 6.92 Å². The van der Waals surface area contributed by atoms with E-state index in [4.69, 9.17) is 9.66 Å². The Bertz CT molecular complexity index is 253. The predicted octanol–water partition coefficient (Wildman–Crippen LogP) is 0.403. The fraction of sp³-hybridized carbons (Fsp3) is 1.00. The van der Waals surface area contributed by atoms with Crippen molar-refractivity contribution in [3.05, 3.63) is 0 Å². The molecule has 2 atom stereocenters. The Hall–Kier alpha value is -0.170. The summed E-state index contributed by atoms with van der Waals surface area (Å²) in [6.45, 7) is 4.01. The molecule has 0 spiro atoms. The Morgan fingerprint density at radius 3 is 2.33 bits per heavy atom. The van der Waals surface area contributed by atoms with Crippen LogP contribution in [-0.2, 0) is 10.1 Å². The van der Waals surface area contributed by atoms with Gasteiger partial charge in [0.2, 0.25) is 0 Å². The van der Waals surface area contributed by atoms with E-state index in [2.05, 4.69) is 5.32 Å². The summed E-state index contributed by atoms with van der Waals surface area (Å²) in [7, 11) is -3.92. The molecule has 5 nitrogen and oxygen atoms in total. The van der Waals surface area contributed by atoms with E-state index in [9.17, 15) is 8.42 Å². The lowest BCUT2D eigenvalue weighted by atomic mass is 10.2. The summed E-state index contributed by atoms with van der Waals surface area (Å²) in [5.41, 5.74) is 0. The molecule has 0 fully saturated rings. The Morgan fingerprint density at radius 2 is 1.93 bits per heavy atom. The maximum atomic E-state index is 10.7. The quantitative estimate of drug-likeness (QED) is 0.534. The molecular weight excluding hydrogens is 218 g/mol. The van der Waals surface area contributed by atoms with Gasteiger partial charge in [0.1, 0.15) is 0 Å². The molecule has 0 aliphatic rings. The second-order valence-corrected chi connectivity index (χ2v) is 5.57. The standard InChI is InChI=1S/C9H21NO4S/c1-3-4-9(7-11)10-6-5-8(2)15(12,13)14/h8-11H,3-7H2,1-2H3,(H,12,13,14)/t8?,9-/m1/s1. The van der Waals surface area contributed by atoms with Crippen molar-refractivity contribution < 1.29 is 18.1 Å². The zero-order valence-electron chi connectivity index (χ0n) is 9.31. The zero-order chi connectivity index (χ0) is 11.9. The van der Waals surface area contributed by atoms with Crippen molar-refractivity contribution in [1.82, 2.24) is 5.32 Å². The van der Waals surface area contributed by atoms with Crippen molar-refractivity contribution in [2.24, 2.45) is 0 Å². The Labute approximate surface area is 91.6 Å². The molecule has 0 aromatic carbocycles. The molecule has 0 aromatic rings. The average Bonchev–Trinajstić information content (AvgIpc) is 2.14. The molecule has 15 heavy (non-hydrogen) atoms. The molecule has 0 aliphatic carbocycles. The maximum absolute atomic E-state index is 10.7. The molecule has 0 aromatic heterocycles. The second-order valence-electron chi connectivity index (χ2n) is 3.74. The molecule has 0 bridgehead atoms. The van der Waals surface area contributed by atoms with Crippen LogP contribution >= 0.6 is 0 Å². The van der Waals surface area contributed by atoms with Crippen molar-refractivity contribution in [3.63, 3.8) is 0 Å². The van der Waals surface area contributed by atoms with Crippen molar-refractivity contribution >= 4 is 10.1 Å². The molecule has 6 heteroatoms. The molecule has 0 saturated carbocycles. The van der Waals surface area contributed by atoms with Gasteiger partial charge < -0.3 is 10.4 Å². The fourth-order valence-corrected chi connectivity index (χ4v) is 1.66. The normalized spacial score (nSPS) is 16.3. The van der Waals surface area contributed by atoms with Gasteiger partial charge in [0.25, 0.3) is 10.1 Å². The lowest BCUT2D eigenvalue weighted by Gasteiger charge is -2.16. The van der Waals surface area contributed by atoms with Gasteiger partial charge in [0.05, 0.1) is 11.9 Å². The minimum absolute atomic E-state index is 0.0172. The lowest BCUT2D eigenvalue weighted by molar-refractivity contribution is 0.234. The minimum atomic E-state index is -3.92. The summed E-state index contributed by atoms with van der Waals surface area (Å²) in [5, 5.41) is 11.2. The van der Waals surface area contributed by atoms with Gasteiger partial charge in [-0.25, -0.2) is 0 Å². The van der Waals surface area contributed by atoms with Gasteiger partial charge in [-0.2, -0.15) is 8.42 Å². The summed E-state index contributed by atoms with van der Waals surface area (Å²) in [6, 6.07) is 0.0172. The Kier molecular flexibility index (Phi) is 7.08. The molecule has 0 rings (SSSR count). The topological polar surface area (TPSA) is 86.6 Å². The van der Waals surface area contributed by atoms with Gasteiger partial charge in [0.15, 0.2) is 0 Å². The van der Waals surface area contributed by atoms with Crippen LogP contribution in [0.5, 0.6) is 0 Å². The van der Waals surface area contributed by atoms with Crippen LogP contribution in [0.25, 0.3) is 0 Å². The van der Waals surface area contributed by atoms with E-state index in [1.807, 2.05) is 6.92 Å². The summed E-state index contributed by atoms with van der Waals surface area (Å²) >= 11 is 0. The highest BCUT2D eigenvalue weighted by molar-refractivity contribution is 7.86. The Balaban J connectivity index is 3.78. The minimum Gasteiger partial charge on any atom is -0.395 e. The van der Waals surface area contributed by atoms with Gasteiger partial charge in [-0.1, -0.05) is 13.3 Å². The average molecular weight is 239 g/mol. The van der Waals surface area contributed by atoms with E-state index in [1.54, 1.807) is 0 Å². The van der Waals surface area contributed by atoms with Crippen LogP contribution in [0.3, 0.4) is 0 Å². The SMILES string of the molecule is CCC[C@H](CO)NCCC(C)S(=O)(=O)O. The van der Waals surface area contributed by atoms with E-state index in [0.717, 1.165) is 12.8 Å². The van der Waals surface area contributed by atoms with Crippen molar-refractivity contribution in [2.75, 3.05) is 13.2 Å². The number of aliphatic hydroxyl groups is 1. The molecule has 0 heterocycles. The second kappa shape index (κ2) is 7.16. The Morgan fingerprint density at radius 1 is 1.33 bits per heavy atom. The largest absolute Gasteiger partial charge is 0.395 e. The van der Waals surface area contributed by atoms with E-state index in [0.29, 0.717) is 13.0 Å². The summed E-state index contributed by atoms with van der Waals surface area (Å²) in [4.78, 5) is 0. The van der Waals surface area contributed by atoms with Crippen LogP contribution in [-0.4, -0.2) is 42.5 Å². The van der Waals surface area contributed by atoms with Crippen LogP contribution in [0, 0.1) is 0 Å². The van der Waals surface area contributed by atoms with Crippen LogP contribution < -0.4 is 5.32 Å². The third kappa shape index (κ3) is 6.83. The van der Waals surface area contributed by atoms with Gasteiger partial charge >= 0.3 is 0 Å². The van der Waals surface area contributed by atoms with E-state index < -0.39 is 15.4 Å². The summed E-state index contributed by atoms with van der Waals surface area (Å²) in [6.07, 6.45) is 2.17. The van der Waals surface area contributed by atoms with E-state index in [-0.39, 0.29) is 12.6 Å². The smallest absolute Gasteiger partial charge is 0.267 e. The highest BCUT2D eigenvalue weighted by Crippen LogP contribution is 2.02. The fourth-order valence-electron chi connectivity index (χ4n) is 1.25. The third-order valence-corrected chi connectivity index (χ3v) is 3.60. The van der Waals surface area contributed by atoms with Crippen molar-refractivity contribution in [1.29, 1.82) is 0 Å². The lowest BCUT2D eigenvalue weighted by Crippen LogP contribution is -2.35. The van der Waals surface area contributed by atoms with Gasteiger partial charge in [0, 0.05) is 6.04 Å². The molecule has 0 saturated heterocycles. The monoisotopic (exact) mass is 239 g/mol. The molecule has 3 N–H and O–H groups in total. The van der Waals surface area contributed by atoms with E-state index >= 15 is 0 Å². The third-order valence-electron chi connectivity index (χ3n) is 2.35. The summed E-state index contributed by atoms with van der Waals surface area (Å²) in [5.74, 6) is 0. The molecule has 0 radical (unpaired) electrons. The summed E-state index contributed by atoms with van der Waals surface area (Å²) < 4.78 is 30.1. The number of aliphatic hydroxyl groups excluding tert-OH is 1.